The Morgan fingerprint density at radius 3 is 2.12 bits per heavy atom. The predicted molar refractivity (Wildman–Crippen MR) is 141 cm³/mol. The van der Waals surface area contributed by atoms with Crippen LogP contribution in [-0.2, 0) is 23.6 Å². The van der Waals surface area contributed by atoms with Gasteiger partial charge in [0.25, 0.3) is 0 Å². The summed E-state index contributed by atoms with van der Waals surface area (Å²) in [6.45, 7) is 3.79. The SMILES string of the molecule is CN(CCCc1cccc(C(F)(F)F)c1C(F)(F)F)C(=O)C(c1ccccc1)N1CCC(C2CCNCC2)CC1. The zero-order chi connectivity index (χ0) is 28.9. The van der Waals surface area contributed by atoms with Gasteiger partial charge in [-0.2, -0.15) is 26.3 Å². The maximum Gasteiger partial charge on any atom is 0.417 e. The number of hydrogen-bond acceptors (Lipinski definition) is 3. The summed E-state index contributed by atoms with van der Waals surface area (Å²) in [7, 11) is 1.61. The summed E-state index contributed by atoms with van der Waals surface area (Å²) < 4.78 is 80.8. The van der Waals surface area contributed by atoms with Gasteiger partial charge in [0.1, 0.15) is 6.04 Å². The van der Waals surface area contributed by atoms with Crippen molar-refractivity contribution in [1.82, 2.24) is 15.1 Å². The van der Waals surface area contributed by atoms with Crippen LogP contribution in [0.2, 0.25) is 0 Å². The highest BCUT2D eigenvalue weighted by Gasteiger charge is 2.44. The first kappa shape index (κ1) is 30.4. The first-order valence-corrected chi connectivity index (χ1v) is 14.0. The topological polar surface area (TPSA) is 35.6 Å². The van der Waals surface area contributed by atoms with E-state index in [2.05, 4.69) is 10.2 Å². The monoisotopic (exact) mass is 569 g/mol. The van der Waals surface area contributed by atoms with Crippen molar-refractivity contribution in [3.05, 3.63) is 70.8 Å². The highest BCUT2D eigenvalue weighted by atomic mass is 19.4. The molecule has 4 nitrogen and oxygen atoms in total. The predicted octanol–water partition coefficient (Wildman–Crippen LogP) is 6.57. The second kappa shape index (κ2) is 12.9. The third kappa shape index (κ3) is 7.37. The largest absolute Gasteiger partial charge is 0.417 e. The number of carbonyl (C=O) groups is 1. The Labute approximate surface area is 231 Å². The molecule has 220 valence electrons. The minimum atomic E-state index is -5.14. The molecule has 2 fully saturated rings. The quantitative estimate of drug-likeness (QED) is 0.366. The van der Waals surface area contributed by atoms with Gasteiger partial charge in [0.05, 0.1) is 11.1 Å². The van der Waals surface area contributed by atoms with Gasteiger partial charge in [-0.25, -0.2) is 0 Å². The van der Waals surface area contributed by atoms with E-state index in [0.29, 0.717) is 17.9 Å². The molecule has 1 unspecified atom stereocenters. The summed E-state index contributed by atoms with van der Waals surface area (Å²) in [4.78, 5) is 17.4. The highest BCUT2D eigenvalue weighted by Crippen LogP contribution is 2.42. The third-order valence-corrected chi connectivity index (χ3v) is 8.39. The van der Waals surface area contributed by atoms with Gasteiger partial charge in [0.2, 0.25) is 5.91 Å². The molecule has 1 N–H and O–H groups in total. The summed E-state index contributed by atoms with van der Waals surface area (Å²) in [6, 6.07) is 11.5. The minimum absolute atomic E-state index is 0.103. The van der Waals surface area contributed by atoms with Crippen LogP contribution in [0.25, 0.3) is 0 Å². The molecular weight excluding hydrogens is 532 g/mol. The number of rotatable bonds is 8. The summed E-state index contributed by atoms with van der Waals surface area (Å²) in [5.74, 6) is 1.18. The Bertz CT molecular complexity index is 1110. The maximum atomic E-state index is 13.7. The van der Waals surface area contributed by atoms with Gasteiger partial charge in [0.15, 0.2) is 0 Å². The number of alkyl halides is 6. The molecule has 0 spiro atoms. The zero-order valence-corrected chi connectivity index (χ0v) is 22.7. The van der Waals surface area contributed by atoms with Crippen molar-refractivity contribution in [2.45, 2.75) is 56.9 Å². The lowest BCUT2D eigenvalue weighted by atomic mass is 9.79. The van der Waals surface area contributed by atoms with Crippen molar-refractivity contribution in [2.75, 3.05) is 39.8 Å². The number of hydrogen-bond donors (Lipinski definition) is 1. The van der Waals surface area contributed by atoms with Crippen molar-refractivity contribution in [3.63, 3.8) is 0 Å². The number of aryl methyl sites for hydroxylation is 1. The average Bonchev–Trinajstić information content (AvgIpc) is 2.93. The van der Waals surface area contributed by atoms with E-state index < -0.39 is 35.1 Å². The maximum absolute atomic E-state index is 13.7. The van der Waals surface area contributed by atoms with Crippen LogP contribution in [0.15, 0.2) is 48.5 Å². The summed E-state index contributed by atoms with van der Waals surface area (Å²) in [5, 5.41) is 3.41. The van der Waals surface area contributed by atoms with E-state index in [4.69, 9.17) is 0 Å². The normalized spacial score (nSPS) is 19.0. The van der Waals surface area contributed by atoms with Gasteiger partial charge in [-0.3, -0.25) is 9.69 Å². The number of nitrogens with zero attached hydrogens (tertiary/aromatic N) is 2. The Kier molecular flexibility index (Phi) is 9.82. The molecule has 0 aliphatic carbocycles. The van der Waals surface area contributed by atoms with Crippen molar-refractivity contribution in [2.24, 2.45) is 11.8 Å². The molecular formula is C30H37F6N3O. The first-order chi connectivity index (χ1) is 19.0. The number of piperidine rings is 2. The molecule has 0 aromatic heterocycles. The fourth-order valence-electron chi connectivity index (χ4n) is 6.31. The van der Waals surface area contributed by atoms with E-state index in [1.54, 1.807) is 7.05 Å². The fraction of sp³-hybridized carbons (Fsp3) is 0.567. The van der Waals surface area contributed by atoms with Crippen LogP contribution in [0.4, 0.5) is 26.3 Å². The van der Waals surface area contributed by atoms with Crippen molar-refractivity contribution in [3.8, 4) is 0 Å². The van der Waals surface area contributed by atoms with E-state index in [9.17, 15) is 31.1 Å². The average molecular weight is 570 g/mol. The van der Waals surface area contributed by atoms with Crippen LogP contribution in [0.5, 0.6) is 0 Å². The molecule has 40 heavy (non-hydrogen) atoms. The van der Waals surface area contributed by atoms with E-state index in [-0.39, 0.29) is 25.3 Å². The molecule has 2 saturated heterocycles. The van der Waals surface area contributed by atoms with Gasteiger partial charge in [-0.15, -0.1) is 0 Å². The molecule has 0 saturated carbocycles. The van der Waals surface area contributed by atoms with E-state index in [1.807, 2.05) is 30.3 Å². The summed E-state index contributed by atoms with van der Waals surface area (Å²) in [5.41, 5.74) is -2.88. The van der Waals surface area contributed by atoms with Gasteiger partial charge in [-0.1, -0.05) is 42.5 Å². The van der Waals surface area contributed by atoms with Crippen molar-refractivity contribution in [1.29, 1.82) is 0 Å². The van der Waals surface area contributed by atoms with Crippen LogP contribution < -0.4 is 5.32 Å². The number of carbonyl (C=O) groups excluding carboxylic acids is 1. The summed E-state index contributed by atoms with van der Waals surface area (Å²) in [6.07, 6.45) is -5.99. The number of benzene rings is 2. The Morgan fingerprint density at radius 2 is 1.52 bits per heavy atom. The second-order valence-corrected chi connectivity index (χ2v) is 11.0. The Morgan fingerprint density at radius 1 is 0.900 bits per heavy atom. The van der Waals surface area contributed by atoms with Crippen LogP contribution in [0, 0.1) is 11.8 Å². The molecule has 2 aliphatic rings. The van der Waals surface area contributed by atoms with Crippen molar-refractivity contribution >= 4 is 5.91 Å². The smallest absolute Gasteiger partial charge is 0.344 e. The van der Waals surface area contributed by atoms with Gasteiger partial charge in [0, 0.05) is 13.6 Å². The number of halogens is 6. The van der Waals surface area contributed by atoms with Gasteiger partial charge < -0.3 is 10.2 Å². The third-order valence-electron chi connectivity index (χ3n) is 8.39. The molecule has 4 rings (SSSR count). The molecule has 2 aliphatic heterocycles. The van der Waals surface area contributed by atoms with Crippen LogP contribution >= 0.6 is 0 Å². The van der Waals surface area contributed by atoms with Crippen molar-refractivity contribution < 1.29 is 31.1 Å². The van der Waals surface area contributed by atoms with E-state index >= 15 is 0 Å². The molecule has 2 aromatic rings. The van der Waals surface area contributed by atoms with Crippen LogP contribution in [0.1, 0.15) is 60.4 Å². The van der Waals surface area contributed by atoms with E-state index in [1.165, 1.54) is 17.7 Å². The molecule has 2 heterocycles. The lowest BCUT2D eigenvalue weighted by molar-refractivity contribution is -0.162. The lowest BCUT2D eigenvalue weighted by Crippen LogP contribution is -2.46. The molecule has 1 atom stereocenters. The number of amides is 1. The minimum Gasteiger partial charge on any atom is -0.344 e. The van der Waals surface area contributed by atoms with Gasteiger partial charge in [-0.05, 0) is 93.7 Å². The summed E-state index contributed by atoms with van der Waals surface area (Å²) >= 11 is 0. The Hall–Kier alpha value is -2.59. The van der Waals surface area contributed by atoms with Crippen LogP contribution in [0.3, 0.4) is 0 Å². The molecule has 2 aromatic carbocycles. The fourth-order valence-corrected chi connectivity index (χ4v) is 6.31. The molecule has 1 amide bonds. The lowest BCUT2D eigenvalue weighted by Gasteiger charge is -2.41. The highest BCUT2D eigenvalue weighted by molar-refractivity contribution is 5.83. The Balaban J connectivity index is 1.43. The van der Waals surface area contributed by atoms with Gasteiger partial charge >= 0.3 is 12.4 Å². The molecule has 0 bridgehead atoms. The number of likely N-dealkylation sites (N-methyl/N-ethyl adjacent to an activating group) is 1. The van der Waals surface area contributed by atoms with Crippen LogP contribution in [-0.4, -0.2) is 55.5 Å². The second-order valence-electron chi connectivity index (χ2n) is 11.0. The number of nitrogens with one attached hydrogen (secondary N) is 1. The molecule has 10 heteroatoms. The van der Waals surface area contributed by atoms with E-state index in [0.717, 1.165) is 56.7 Å². The molecule has 0 radical (unpaired) electrons. The number of likely N-dealkylation sites (tertiary alicyclic amines) is 1. The zero-order valence-electron chi connectivity index (χ0n) is 22.7. The first-order valence-electron chi connectivity index (χ1n) is 14.0. The standard InChI is InChI=1S/C30H37F6N3O/c1-38(18-6-10-23-9-5-11-25(29(31,32)33)26(23)30(34,35)36)28(40)27(24-7-3-2-4-8-24)39-19-14-22(15-20-39)21-12-16-37-17-13-21/h2-5,7-9,11,21-22,27,37H,6,10,12-20H2,1H3.